The summed E-state index contributed by atoms with van der Waals surface area (Å²) in [5.74, 6) is 1.24. The lowest BCUT2D eigenvalue weighted by molar-refractivity contribution is -0.123. The van der Waals surface area contributed by atoms with Crippen molar-refractivity contribution in [3.05, 3.63) is 11.7 Å². The molecule has 0 fully saturated rings. The normalized spacial score (nSPS) is 12.5. The summed E-state index contributed by atoms with van der Waals surface area (Å²) < 4.78 is 4.80. The number of hydrogen-bond donors (Lipinski definition) is 1. The van der Waals surface area contributed by atoms with Crippen LogP contribution in [-0.4, -0.2) is 28.5 Å². The van der Waals surface area contributed by atoms with Gasteiger partial charge in [-0.25, -0.2) is 0 Å². The van der Waals surface area contributed by atoms with E-state index in [4.69, 9.17) is 16.1 Å². The summed E-state index contributed by atoms with van der Waals surface area (Å²) in [6.07, 6.45) is 0.568. The van der Waals surface area contributed by atoms with Gasteiger partial charge in [0.15, 0.2) is 5.82 Å². The third-order valence-corrected chi connectivity index (χ3v) is 2.36. The van der Waals surface area contributed by atoms with Crippen molar-refractivity contribution in [1.29, 1.82) is 0 Å². The molecule has 0 radical (unpaired) electrons. The number of nitrogens with one attached hydrogen (secondary N) is 1. The van der Waals surface area contributed by atoms with Crippen molar-refractivity contribution < 1.29 is 9.32 Å². The smallest absolute Gasteiger partial charge is 0.224 e. The van der Waals surface area contributed by atoms with Gasteiger partial charge in [-0.2, -0.15) is 4.98 Å². The van der Waals surface area contributed by atoms with Gasteiger partial charge in [-0.15, -0.1) is 11.6 Å². The summed E-state index contributed by atoms with van der Waals surface area (Å²) in [4.78, 5) is 15.3. The fraction of sp³-hybridized carbons (Fsp3) is 0.667. The molecular formula is C9H14ClN3O2. The third-order valence-electron chi connectivity index (χ3n) is 1.90. The van der Waals surface area contributed by atoms with Gasteiger partial charge in [-0.3, -0.25) is 4.79 Å². The van der Waals surface area contributed by atoms with E-state index in [1.165, 1.54) is 0 Å². The summed E-state index contributed by atoms with van der Waals surface area (Å²) in [5.41, 5.74) is 0. The third kappa shape index (κ3) is 3.87. The maximum atomic E-state index is 11.3. The molecule has 0 saturated carbocycles. The minimum absolute atomic E-state index is 0.0507. The van der Waals surface area contributed by atoms with Gasteiger partial charge >= 0.3 is 0 Å². The number of carbonyl (C=O) groups is 1. The van der Waals surface area contributed by atoms with Gasteiger partial charge in [0.2, 0.25) is 11.8 Å². The molecule has 0 saturated heterocycles. The van der Waals surface area contributed by atoms with Crippen molar-refractivity contribution in [1.82, 2.24) is 15.5 Å². The second-order valence-corrected chi connectivity index (χ2v) is 3.63. The largest absolute Gasteiger partial charge is 0.355 e. The summed E-state index contributed by atoms with van der Waals surface area (Å²) in [5, 5.41) is 6.46. The predicted octanol–water partition coefficient (Wildman–Crippen LogP) is 0.912. The SMILES string of the molecule is Cc1nc(CCNC(=O)C(C)CCl)no1. The van der Waals surface area contributed by atoms with Crippen LogP contribution in [0.5, 0.6) is 0 Å². The van der Waals surface area contributed by atoms with Crippen LogP contribution in [0, 0.1) is 12.8 Å². The first-order valence-electron chi connectivity index (χ1n) is 4.76. The zero-order valence-corrected chi connectivity index (χ0v) is 9.54. The molecule has 0 aliphatic rings. The highest BCUT2D eigenvalue weighted by Gasteiger charge is 2.10. The van der Waals surface area contributed by atoms with Crippen LogP contribution in [0.15, 0.2) is 4.52 Å². The van der Waals surface area contributed by atoms with Gasteiger partial charge in [0.25, 0.3) is 0 Å². The summed E-state index contributed by atoms with van der Waals surface area (Å²) in [6.45, 7) is 4.00. The van der Waals surface area contributed by atoms with Crippen molar-refractivity contribution in [3.8, 4) is 0 Å². The Balaban J connectivity index is 2.24. The molecule has 1 amide bonds. The molecule has 1 N–H and O–H groups in total. The molecule has 0 aromatic carbocycles. The van der Waals surface area contributed by atoms with E-state index in [2.05, 4.69) is 15.5 Å². The second kappa shape index (κ2) is 5.70. The lowest BCUT2D eigenvalue weighted by atomic mass is 10.2. The van der Waals surface area contributed by atoms with Crippen molar-refractivity contribution >= 4 is 17.5 Å². The highest BCUT2D eigenvalue weighted by atomic mass is 35.5. The molecule has 1 heterocycles. The lowest BCUT2D eigenvalue weighted by Gasteiger charge is -2.07. The van der Waals surface area contributed by atoms with Gasteiger partial charge in [-0.05, 0) is 0 Å². The van der Waals surface area contributed by atoms with Crippen molar-refractivity contribution in [2.75, 3.05) is 12.4 Å². The standard InChI is InChI=1S/C9H14ClN3O2/c1-6(5-10)9(14)11-4-3-8-12-7(2)15-13-8/h6H,3-5H2,1-2H3,(H,11,14). The molecule has 0 spiro atoms. The fourth-order valence-electron chi connectivity index (χ4n) is 0.985. The highest BCUT2D eigenvalue weighted by Crippen LogP contribution is 1.98. The number of aryl methyl sites for hydroxylation is 1. The quantitative estimate of drug-likeness (QED) is 0.765. The lowest BCUT2D eigenvalue weighted by Crippen LogP contribution is -2.31. The van der Waals surface area contributed by atoms with Crippen LogP contribution in [0.2, 0.25) is 0 Å². The Kier molecular flexibility index (Phi) is 4.55. The Morgan fingerprint density at radius 2 is 2.40 bits per heavy atom. The molecule has 15 heavy (non-hydrogen) atoms. The van der Waals surface area contributed by atoms with Gasteiger partial charge in [0.05, 0.1) is 0 Å². The molecule has 0 aliphatic heterocycles. The van der Waals surface area contributed by atoms with Gasteiger partial charge in [0.1, 0.15) is 0 Å². The van der Waals surface area contributed by atoms with E-state index in [1.807, 2.05) is 0 Å². The first-order chi connectivity index (χ1) is 7.13. The van der Waals surface area contributed by atoms with Crippen LogP contribution < -0.4 is 5.32 Å². The average Bonchev–Trinajstić information content (AvgIpc) is 2.63. The Morgan fingerprint density at radius 1 is 1.67 bits per heavy atom. The number of hydrogen-bond acceptors (Lipinski definition) is 4. The summed E-state index contributed by atoms with van der Waals surface area (Å²) in [7, 11) is 0. The Bertz CT molecular complexity index is 327. The first-order valence-corrected chi connectivity index (χ1v) is 5.29. The molecule has 1 atom stereocenters. The number of halogens is 1. The predicted molar refractivity (Wildman–Crippen MR) is 55.6 cm³/mol. The molecule has 0 aliphatic carbocycles. The molecule has 1 aromatic rings. The number of nitrogens with zero attached hydrogens (tertiary/aromatic N) is 2. The molecule has 1 unspecified atom stereocenters. The van der Waals surface area contributed by atoms with Crippen LogP contribution in [0.3, 0.4) is 0 Å². The molecule has 1 rings (SSSR count). The minimum Gasteiger partial charge on any atom is -0.355 e. The van der Waals surface area contributed by atoms with E-state index in [1.54, 1.807) is 13.8 Å². The number of alkyl halides is 1. The number of amides is 1. The van der Waals surface area contributed by atoms with Gasteiger partial charge in [-0.1, -0.05) is 12.1 Å². The van der Waals surface area contributed by atoms with Gasteiger partial charge < -0.3 is 9.84 Å². The van der Waals surface area contributed by atoms with E-state index in [-0.39, 0.29) is 11.8 Å². The van der Waals surface area contributed by atoms with Crippen LogP contribution in [-0.2, 0) is 11.2 Å². The summed E-state index contributed by atoms with van der Waals surface area (Å²) >= 11 is 5.55. The molecular weight excluding hydrogens is 218 g/mol. The minimum atomic E-state index is -0.168. The van der Waals surface area contributed by atoms with Gasteiger partial charge in [0, 0.05) is 31.7 Å². The van der Waals surface area contributed by atoms with Crippen molar-refractivity contribution in [2.45, 2.75) is 20.3 Å². The Morgan fingerprint density at radius 3 is 2.93 bits per heavy atom. The van der Waals surface area contributed by atoms with Crippen LogP contribution >= 0.6 is 11.6 Å². The van der Waals surface area contributed by atoms with Crippen molar-refractivity contribution in [3.63, 3.8) is 0 Å². The topological polar surface area (TPSA) is 68.0 Å². The monoisotopic (exact) mass is 231 g/mol. The molecule has 0 bridgehead atoms. The van der Waals surface area contributed by atoms with E-state index in [0.29, 0.717) is 30.6 Å². The first kappa shape index (κ1) is 12.0. The summed E-state index contributed by atoms with van der Waals surface area (Å²) in [6, 6.07) is 0. The second-order valence-electron chi connectivity index (χ2n) is 3.33. The Labute approximate surface area is 93.2 Å². The maximum Gasteiger partial charge on any atom is 0.224 e. The molecule has 5 nitrogen and oxygen atoms in total. The van der Waals surface area contributed by atoms with Crippen LogP contribution in [0.25, 0.3) is 0 Å². The molecule has 6 heteroatoms. The van der Waals surface area contributed by atoms with E-state index in [0.717, 1.165) is 0 Å². The average molecular weight is 232 g/mol. The molecule has 1 aromatic heterocycles. The fourth-order valence-corrected chi connectivity index (χ4v) is 1.12. The van der Waals surface area contributed by atoms with E-state index in [9.17, 15) is 4.79 Å². The number of carbonyl (C=O) groups excluding carboxylic acids is 1. The van der Waals surface area contributed by atoms with Crippen molar-refractivity contribution in [2.24, 2.45) is 5.92 Å². The zero-order chi connectivity index (χ0) is 11.3. The maximum absolute atomic E-state index is 11.3. The van der Waals surface area contributed by atoms with Crippen LogP contribution in [0.4, 0.5) is 0 Å². The van der Waals surface area contributed by atoms with Crippen LogP contribution in [0.1, 0.15) is 18.6 Å². The number of aromatic nitrogens is 2. The number of rotatable bonds is 5. The highest BCUT2D eigenvalue weighted by molar-refractivity contribution is 6.19. The zero-order valence-electron chi connectivity index (χ0n) is 8.79. The van der Waals surface area contributed by atoms with E-state index >= 15 is 0 Å². The Hall–Kier alpha value is -1.10. The molecule has 84 valence electrons. The van der Waals surface area contributed by atoms with E-state index < -0.39 is 0 Å².